The van der Waals surface area contributed by atoms with Gasteiger partial charge < -0.3 is 12.6 Å². The number of aromatic nitrogens is 2. The zero-order chi connectivity index (χ0) is 12.1. The van der Waals surface area contributed by atoms with Crippen molar-refractivity contribution in [1.82, 2.24) is 9.97 Å². The number of fused-ring (bicyclic) bond motifs is 3. The molecule has 0 unspecified atom stereocenters. The molecule has 0 amide bonds. The maximum Gasteiger partial charge on any atom is 1.00 e. The molecule has 0 saturated heterocycles. The van der Waals surface area contributed by atoms with Gasteiger partial charge in [0.1, 0.15) is 0 Å². The fourth-order valence-corrected chi connectivity index (χ4v) is 1.68. The molecule has 0 aliphatic carbocycles. The molecule has 0 radical (unpaired) electrons. The van der Waals surface area contributed by atoms with Crippen LogP contribution < -0.4 is 51.4 Å². The first-order valence-corrected chi connectivity index (χ1v) is 5.37. The normalized spacial score (nSPS) is 8.83. The molecule has 0 aliphatic rings. The molecule has 0 spiro atoms. The van der Waals surface area contributed by atoms with Crippen LogP contribution in [0.15, 0.2) is 48.8 Å². The molecule has 2 heterocycles. The first-order chi connectivity index (χ1) is 8.36. The Kier molecular flexibility index (Phi) is 6.64. The van der Waals surface area contributed by atoms with Gasteiger partial charge in [-0.3, -0.25) is 9.97 Å². The molecule has 0 fully saturated rings. The molecular formula is C13H8KN3S. The van der Waals surface area contributed by atoms with Gasteiger partial charge in [0.05, 0.1) is 11.0 Å². The smallest absolute Gasteiger partial charge is 0.696 e. The Morgan fingerprint density at radius 1 is 0.889 bits per heavy atom. The van der Waals surface area contributed by atoms with E-state index in [4.69, 9.17) is 5.26 Å². The van der Waals surface area contributed by atoms with Crippen molar-refractivity contribution in [2.24, 2.45) is 0 Å². The molecular weight excluding hydrogens is 269 g/mol. The van der Waals surface area contributed by atoms with E-state index in [0.717, 1.165) is 21.8 Å². The Bertz CT molecular complexity index is 639. The summed E-state index contributed by atoms with van der Waals surface area (Å²) in [6, 6.07) is 12.1. The van der Waals surface area contributed by atoms with Gasteiger partial charge in [-0.15, -0.1) is 0 Å². The van der Waals surface area contributed by atoms with Gasteiger partial charge in [-0.1, -0.05) is 29.7 Å². The molecule has 5 heteroatoms. The van der Waals surface area contributed by atoms with Crippen LogP contribution in [0.3, 0.4) is 0 Å². The largest absolute Gasteiger partial charge is 1.00 e. The molecule has 1 aromatic carbocycles. The van der Waals surface area contributed by atoms with Gasteiger partial charge in [0, 0.05) is 23.2 Å². The Hall–Kier alpha value is -0.614. The molecule has 0 saturated carbocycles. The minimum absolute atomic E-state index is 0. The van der Waals surface area contributed by atoms with Crippen LogP contribution in [0.1, 0.15) is 0 Å². The minimum atomic E-state index is 0. The predicted octanol–water partition coefficient (Wildman–Crippen LogP) is -0.199. The summed E-state index contributed by atoms with van der Waals surface area (Å²) in [5, 5.41) is 10.7. The van der Waals surface area contributed by atoms with Crippen LogP contribution in [0.25, 0.3) is 21.8 Å². The van der Waals surface area contributed by atoms with Crippen LogP contribution in [0, 0.1) is 10.7 Å². The average molecular weight is 277 g/mol. The number of nitriles is 1. The topological polar surface area (TPSA) is 49.6 Å². The second kappa shape index (κ2) is 7.74. The van der Waals surface area contributed by atoms with Gasteiger partial charge in [-0.25, -0.2) is 5.26 Å². The van der Waals surface area contributed by atoms with E-state index in [-0.39, 0.29) is 51.4 Å². The summed E-state index contributed by atoms with van der Waals surface area (Å²) in [4.78, 5) is 8.69. The van der Waals surface area contributed by atoms with Gasteiger partial charge in [0.25, 0.3) is 0 Å². The van der Waals surface area contributed by atoms with Gasteiger partial charge in [0.15, 0.2) is 0 Å². The minimum Gasteiger partial charge on any atom is -0.696 e. The molecule has 2 aromatic heterocycles. The van der Waals surface area contributed by atoms with E-state index in [1.807, 2.05) is 12.1 Å². The summed E-state index contributed by atoms with van der Waals surface area (Å²) >= 11 is 3.70. The third kappa shape index (κ3) is 3.45. The number of benzene rings is 1. The predicted molar refractivity (Wildman–Crippen MR) is 70.0 cm³/mol. The van der Waals surface area contributed by atoms with E-state index in [2.05, 4.69) is 46.9 Å². The van der Waals surface area contributed by atoms with Crippen molar-refractivity contribution < 1.29 is 51.4 Å². The van der Waals surface area contributed by atoms with Crippen LogP contribution in [0.5, 0.6) is 0 Å². The van der Waals surface area contributed by atoms with Gasteiger partial charge in [-0.05, 0) is 12.1 Å². The standard InChI is InChI=1S/C12H8N2.CHNS.K/c1-3-9-5-6-10-4-2-8-14-12(10)11(9)13-7-1;2-1-3;/h1-8H;3H;/q;;+1/p-1. The molecule has 3 aromatic rings. The van der Waals surface area contributed by atoms with Crippen LogP contribution in [-0.4, -0.2) is 9.97 Å². The Morgan fingerprint density at radius 3 is 1.67 bits per heavy atom. The number of rotatable bonds is 0. The van der Waals surface area contributed by atoms with Crippen molar-refractivity contribution in [2.75, 3.05) is 0 Å². The monoisotopic (exact) mass is 277 g/mol. The summed E-state index contributed by atoms with van der Waals surface area (Å²) in [5.74, 6) is 0. The molecule has 3 nitrogen and oxygen atoms in total. The molecule has 82 valence electrons. The van der Waals surface area contributed by atoms with E-state index in [1.165, 1.54) is 5.40 Å². The zero-order valence-corrected chi connectivity index (χ0v) is 13.8. The number of pyridine rings is 2. The molecule has 0 aliphatic heterocycles. The fraction of sp³-hybridized carbons (Fsp3) is 0. The van der Waals surface area contributed by atoms with E-state index in [0.29, 0.717) is 0 Å². The van der Waals surface area contributed by atoms with Gasteiger partial charge in [-0.2, -0.15) is 0 Å². The third-order valence-electron chi connectivity index (χ3n) is 2.34. The maximum absolute atomic E-state index is 7.13. The number of nitrogens with zero attached hydrogens (tertiary/aromatic N) is 3. The number of hydrogen-bond donors (Lipinski definition) is 0. The molecule has 0 bridgehead atoms. The van der Waals surface area contributed by atoms with E-state index >= 15 is 0 Å². The Labute approximate surface area is 153 Å². The SMILES string of the molecule is N#C[S-].[K+].c1cnc2c(c1)ccc1cccnc12. The Morgan fingerprint density at radius 2 is 1.28 bits per heavy atom. The van der Waals surface area contributed by atoms with Crippen LogP contribution >= 0.6 is 0 Å². The summed E-state index contributed by atoms with van der Waals surface area (Å²) in [6.45, 7) is 0. The van der Waals surface area contributed by atoms with E-state index < -0.39 is 0 Å². The van der Waals surface area contributed by atoms with Crippen molar-refractivity contribution in [2.45, 2.75) is 0 Å². The number of hydrogen-bond acceptors (Lipinski definition) is 4. The van der Waals surface area contributed by atoms with Crippen molar-refractivity contribution >= 4 is 34.4 Å². The van der Waals surface area contributed by atoms with Crippen molar-refractivity contribution in [1.29, 1.82) is 5.26 Å². The second-order valence-corrected chi connectivity index (χ2v) is 3.49. The number of thiocyanates is 1. The summed E-state index contributed by atoms with van der Waals surface area (Å²) in [6.07, 6.45) is 3.60. The first-order valence-electron chi connectivity index (χ1n) is 4.96. The molecule has 0 N–H and O–H groups in total. The van der Waals surface area contributed by atoms with Crippen LogP contribution in [-0.2, 0) is 12.6 Å². The van der Waals surface area contributed by atoms with Crippen LogP contribution in [0.2, 0.25) is 0 Å². The summed E-state index contributed by atoms with van der Waals surface area (Å²) < 4.78 is 0. The molecule has 18 heavy (non-hydrogen) atoms. The fourth-order valence-electron chi connectivity index (χ4n) is 1.68. The first kappa shape index (κ1) is 15.4. The van der Waals surface area contributed by atoms with Crippen LogP contribution in [0.4, 0.5) is 0 Å². The zero-order valence-electron chi connectivity index (χ0n) is 9.87. The molecule has 3 rings (SSSR count). The summed E-state index contributed by atoms with van der Waals surface area (Å²) in [7, 11) is 0. The summed E-state index contributed by atoms with van der Waals surface area (Å²) in [5.41, 5.74) is 1.95. The second-order valence-electron chi connectivity index (χ2n) is 3.31. The Balaban J connectivity index is 0.000000372. The van der Waals surface area contributed by atoms with E-state index in [1.54, 1.807) is 12.4 Å². The average Bonchev–Trinajstić information content (AvgIpc) is 2.40. The quantitative estimate of drug-likeness (QED) is 0.247. The van der Waals surface area contributed by atoms with Gasteiger partial charge >= 0.3 is 51.4 Å². The van der Waals surface area contributed by atoms with Crippen molar-refractivity contribution in [3.63, 3.8) is 0 Å². The van der Waals surface area contributed by atoms with E-state index in [9.17, 15) is 0 Å². The molecule has 0 atom stereocenters. The van der Waals surface area contributed by atoms with Crippen molar-refractivity contribution in [3.05, 3.63) is 48.8 Å². The van der Waals surface area contributed by atoms with Gasteiger partial charge in [0.2, 0.25) is 0 Å². The van der Waals surface area contributed by atoms with Crippen molar-refractivity contribution in [3.8, 4) is 5.40 Å². The maximum atomic E-state index is 7.13. The third-order valence-corrected chi connectivity index (χ3v) is 2.34.